The molecule has 0 spiro atoms. The first kappa shape index (κ1) is 16.4. The monoisotopic (exact) mass is 323 g/mol. The lowest BCUT2D eigenvalue weighted by atomic mass is 10.1. The highest BCUT2D eigenvalue weighted by Gasteiger charge is 2.30. The summed E-state index contributed by atoms with van der Waals surface area (Å²) in [6.07, 6.45) is 0. The van der Waals surface area contributed by atoms with Crippen LogP contribution in [0.15, 0.2) is 36.4 Å². The van der Waals surface area contributed by atoms with Crippen molar-refractivity contribution in [2.24, 2.45) is 0 Å². The summed E-state index contributed by atoms with van der Waals surface area (Å²) in [6.45, 7) is 11.2. The van der Waals surface area contributed by atoms with Crippen LogP contribution in [-0.2, 0) is 12.1 Å². The lowest BCUT2D eigenvalue weighted by Crippen LogP contribution is -2.29. The second-order valence-electron chi connectivity index (χ2n) is 6.81. The number of imidazole rings is 1. The zero-order valence-electron chi connectivity index (χ0n) is 15.1. The number of fused-ring (bicyclic) bond motifs is 1. The van der Waals surface area contributed by atoms with Crippen LogP contribution in [0.3, 0.4) is 0 Å². The molecule has 0 saturated carbocycles. The molecule has 1 aromatic heterocycles. The first-order valence-corrected chi connectivity index (χ1v) is 8.34. The summed E-state index contributed by atoms with van der Waals surface area (Å²) in [5.41, 5.74) is 10.4. The maximum atomic E-state index is 6.36. The molecule has 0 aliphatic carbocycles. The molecule has 24 heavy (non-hydrogen) atoms. The third kappa shape index (κ3) is 2.84. The summed E-state index contributed by atoms with van der Waals surface area (Å²) in [5.74, 6) is 1.80. The van der Waals surface area contributed by atoms with Crippen LogP contribution in [0.1, 0.15) is 37.7 Å². The van der Waals surface area contributed by atoms with Gasteiger partial charge in [0.05, 0.1) is 11.0 Å². The number of aryl methyl sites for hydroxylation is 3. The first-order valence-electron chi connectivity index (χ1n) is 8.34. The van der Waals surface area contributed by atoms with Gasteiger partial charge in [0.2, 0.25) is 0 Å². The fraction of sp³-hybridized carbons (Fsp3) is 0.350. The molecule has 0 radical (unpaired) electrons. The van der Waals surface area contributed by atoms with Gasteiger partial charge in [0, 0.05) is 12.2 Å². The van der Waals surface area contributed by atoms with E-state index in [1.54, 1.807) is 0 Å². The molecule has 0 amide bonds. The van der Waals surface area contributed by atoms with E-state index in [0.29, 0.717) is 0 Å². The Hall–Kier alpha value is -2.49. The summed E-state index contributed by atoms with van der Waals surface area (Å²) in [5, 5.41) is 0. The van der Waals surface area contributed by atoms with Crippen LogP contribution < -0.4 is 10.5 Å². The smallest absolute Gasteiger partial charge is 0.161 e. The maximum absolute atomic E-state index is 6.36. The van der Waals surface area contributed by atoms with Crippen LogP contribution in [0.5, 0.6) is 5.75 Å². The first-order chi connectivity index (χ1) is 11.3. The van der Waals surface area contributed by atoms with Crippen molar-refractivity contribution in [3.8, 4) is 5.75 Å². The van der Waals surface area contributed by atoms with Crippen LogP contribution in [0.25, 0.3) is 11.0 Å². The Bertz CT molecular complexity index is 893. The molecule has 1 heterocycles. The van der Waals surface area contributed by atoms with Crippen LogP contribution in [0, 0.1) is 13.8 Å². The molecule has 0 bridgehead atoms. The minimum Gasteiger partial charge on any atom is -0.480 e. The Morgan fingerprint density at radius 3 is 2.54 bits per heavy atom. The average molecular weight is 323 g/mol. The van der Waals surface area contributed by atoms with E-state index < -0.39 is 5.60 Å². The number of nitrogens with zero attached hydrogens (tertiary/aromatic N) is 2. The molecule has 0 atom stereocenters. The lowest BCUT2D eigenvalue weighted by molar-refractivity contribution is 0.0939. The standard InChI is InChI=1S/C20H25N3O/c1-6-23-17-9-8-15(21)12-16(17)22-19(23)20(4,5)24-18-10-7-13(2)11-14(18)3/h7-12H,6,21H2,1-5H3. The summed E-state index contributed by atoms with van der Waals surface area (Å²) >= 11 is 0. The normalized spacial score (nSPS) is 11.9. The van der Waals surface area contributed by atoms with Gasteiger partial charge in [-0.2, -0.15) is 0 Å². The molecule has 0 aliphatic heterocycles. The molecule has 3 rings (SSSR count). The highest BCUT2D eigenvalue weighted by Crippen LogP contribution is 2.32. The molecular formula is C20H25N3O. The predicted octanol–water partition coefficient (Wildman–Crippen LogP) is 4.57. The van der Waals surface area contributed by atoms with E-state index in [-0.39, 0.29) is 0 Å². The predicted molar refractivity (Wildman–Crippen MR) is 99.4 cm³/mol. The van der Waals surface area contributed by atoms with Gasteiger partial charge in [-0.05, 0) is 64.4 Å². The maximum Gasteiger partial charge on any atom is 0.161 e. The number of anilines is 1. The number of aromatic nitrogens is 2. The summed E-state index contributed by atoms with van der Waals surface area (Å²) in [6, 6.07) is 12.1. The van der Waals surface area contributed by atoms with Gasteiger partial charge in [0.1, 0.15) is 5.75 Å². The Morgan fingerprint density at radius 1 is 1.12 bits per heavy atom. The Balaban J connectivity index is 2.07. The molecule has 0 unspecified atom stereocenters. The van der Waals surface area contributed by atoms with Crippen molar-refractivity contribution < 1.29 is 4.74 Å². The van der Waals surface area contributed by atoms with Gasteiger partial charge in [-0.1, -0.05) is 17.7 Å². The minimum absolute atomic E-state index is 0.552. The van der Waals surface area contributed by atoms with E-state index in [0.717, 1.165) is 40.4 Å². The molecule has 4 nitrogen and oxygen atoms in total. The Kier molecular flexibility index (Phi) is 3.99. The van der Waals surface area contributed by atoms with Crippen molar-refractivity contribution in [1.82, 2.24) is 9.55 Å². The zero-order valence-corrected chi connectivity index (χ0v) is 15.1. The Morgan fingerprint density at radius 2 is 1.88 bits per heavy atom. The fourth-order valence-electron chi connectivity index (χ4n) is 3.16. The van der Waals surface area contributed by atoms with Gasteiger partial charge >= 0.3 is 0 Å². The van der Waals surface area contributed by atoms with Crippen LogP contribution in [-0.4, -0.2) is 9.55 Å². The molecule has 2 aromatic carbocycles. The van der Waals surface area contributed by atoms with E-state index >= 15 is 0 Å². The minimum atomic E-state index is -0.552. The van der Waals surface area contributed by atoms with Gasteiger partial charge in [0.25, 0.3) is 0 Å². The molecule has 0 saturated heterocycles. The molecule has 0 aliphatic rings. The molecule has 2 N–H and O–H groups in total. The fourth-order valence-corrected chi connectivity index (χ4v) is 3.16. The van der Waals surface area contributed by atoms with Crippen molar-refractivity contribution >= 4 is 16.7 Å². The molecular weight excluding hydrogens is 298 g/mol. The van der Waals surface area contributed by atoms with E-state index in [9.17, 15) is 0 Å². The summed E-state index contributed by atoms with van der Waals surface area (Å²) in [4.78, 5) is 4.82. The zero-order chi connectivity index (χ0) is 17.5. The topological polar surface area (TPSA) is 53.1 Å². The average Bonchev–Trinajstić information content (AvgIpc) is 2.88. The molecule has 3 aromatic rings. The quantitative estimate of drug-likeness (QED) is 0.716. The highest BCUT2D eigenvalue weighted by atomic mass is 16.5. The van der Waals surface area contributed by atoms with E-state index in [1.165, 1.54) is 5.56 Å². The number of hydrogen-bond acceptors (Lipinski definition) is 3. The van der Waals surface area contributed by atoms with Crippen molar-refractivity contribution in [2.45, 2.75) is 46.8 Å². The number of rotatable bonds is 4. The number of nitrogens with two attached hydrogens (primary N) is 1. The number of benzene rings is 2. The lowest BCUT2D eigenvalue weighted by Gasteiger charge is -2.27. The van der Waals surface area contributed by atoms with Crippen molar-refractivity contribution in [1.29, 1.82) is 0 Å². The van der Waals surface area contributed by atoms with Crippen molar-refractivity contribution in [3.63, 3.8) is 0 Å². The molecule has 4 heteroatoms. The third-order valence-electron chi connectivity index (χ3n) is 4.32. The van der Waals surface area contributed by atoms with Crippen LogP contribution in [0.2, 0.25) is 0 Å². The largest absolute Gasteiger partial charge is 0.480 e. The van der Waals surface area contributed by atoms with E-state index in [1.807, 2.05) is 24.3 Å². The second-order valence-corrected chi connectivity index (χ2v) is 6.81. The highest BCUT2D eigenvalue weighted by molar-refractivity contribution is 5.79. The number of hydrogen-bond donors (Lipinski definition) is 1. The summed E-state index contributed by atoms with van der Waals surface area (Å²) in [7, 11) is 0. The van der Waals surface area contributed by atoms with E-state index in [4.69, 9.17) is 15.5 Å². The molecule has 0 fully saturated rings. The van der Waals surface area contributed by atoms with Gasteiger partial charge < -0.3 is 15.0 Å². The van der Waals surface area contributed by atoms with Gasteiger partial charge in [0.15, 0.2) is 11.4 Å². The molecule has 126 valence electrons. The number of nitrogen functional groups attached to an aromatic ring is 1. The van der Waals surface area contributed by atoms with Gasteiger partial charge in [-0.3, -0.25) is 0 Å². The van der Waals surface area contributed by atoms with Crippen LogP contribution >= 0.6 is 0 Å². The summed E-state index contributed by atoms with van der Waals surface area (Å²) < 4.78 is 8.55. The van der Waals surface area contributed by atoms with Crippen molar-refractivity contribution in [3.05, 3.63) is 53.3 Å². The second kappa shape index (κ2) is 5.86. The number of ether oxygens (including phenoxy) is 1. The van der Waals surface area contributed by atoms with Crippen molar-refractivity contribution in [2.75, 3.05) is 5.73 Å². The van der Waals surface area contributed by atoms with Gasteiger partial charge in [-0.15, -0.1) is 0 Å². The SMILES string of the molecule is CCn1c(C(C)(C)Oc2ccc(C)cc2C)nc2cc(N)ccc21. The third-order valence-corrected chi connectivity index (χ3v) is 4.32. The Labute approximate surface area is 143 Å². The van der Waals surface area contributed by atoms with E-state index in [2.05, 4.69) is 51.3 Å². The van der Waals surface area contributed by atoms with Crippen LogP contribution in [0.4, 0.5) is 5.69 Å². The van der Waals surface area contributed by atoms with Gasteiger partial charge in [-0.25, -0.2) is 4.98 Å².